The van der Waals surface area contributed by atoms with Crippen molar-refractivity contribution in [2.45, 2.75) is 25.8 Å². The summed E-state index contributed by atoms with van der Waals surface area (Å²) in [5.41, 5.74) is 0. The Morgan fingerprint density at radius 2 is 2.45 bits per heavy atom. The fourth-order valence-electron chi connectivity index (χ4n) is 0.687. The summed E-state index contributed by atoms with van der Waals surface area (Å²) in [6.45, 7) is 3.61. The van der Waals surface area contributed by atoms with Gasteiger partial charge in [-0.1, -0.05) is 6.92 Å². The Labute approximate surface area is 69.8 Å². The van der Waals surface area contributed by atoms with E-state index in [0.29, 0.717) is 6.54 Å². The molecule has 64 valence electrons. The average molecular weight is 173 g/mol. The summed E-state index contributed by atoms with van der Waals surface area (Å²) < 4.78 is 5.36. The smallest absolute Gasteiger partial charge is 0.234 e. The van der Waals surface area contributed by atoms with Crippen molar-refractivity contribution in [1.29, 1.82) is 0 Å². The highest BCUT2D eigenvalue weighted by molar-refractivity contribution is 6.26. The van der Waals surface area contributed by atoms with Crippen LogP contribution in [0.25, 0.3) is 0 Å². The van der Waals surface area contributed by atoms with Gasteiger partial charge in [0.05, 0.1) is 6.54 Å². The van der Waals surface area contributed by atoms with Crippen molar-refractivity contribution in [3.63, 3.8) is 0 Å². The van der Waals surface area contributed by atoms with Gasteiger partial charge in [-0.25, -0.2) is 9.79 Å². The topological polar surface area (TPSA) is 38.7 Å². The lowest BCUT2D eigenvalue weighted by molar-refractivity contribution is 0.334. The molecule has 0 aliphatic carbocycles. The van der Waals surface area contributed by atoms with Crippen molar-refractivity contribution in [3.05, 3.63) is 0 Å². The second kappa shape index (κ2) is 9.56. The highest BCUT2D eigenvalue weighted by atomic mass is 28.2. The van der Waals surface area contributed by atoms with Crippen LogP contribution in [0.1, 0.15) is 19.8 Å². The summed E-state index contributed by atoms with van der Waals surface area (Å²) in [7, 11) is -0.317. The van der Waals surface area contributed by atoms with E-state index in [1.54, 1.807) is 0 Å². The van der Waals surface area contributed by atoms with E-state index in [9.17, 15) is 4.79 Å². The minimum absolute atomic E-state index is 0.317. The minimum Gasteiger partial charge on any atom is -0.424 e. The molecule has 4 heteroatoms. The van der Waals surface area contributed by atoms with Crippen LogP contribution in [0, 0.1) is 0 Å². The normalized spacial score (nSPS) is 10.3. The van der Waals surface area contributed by atoms with E-state index in [1.807, 2.05) is 0 Å². The van der Waals surface area contributed by atoms with Crippen LogP contribution in [-0.2, 0) is 9.22 Å². The maximum Gasteiger partial charge on any atom is 0.234 e. The van der Waals surface area contributed by atoms with Crippen LogP contribution in [-0.4, -0.2) is 29.0 Å². The second-order valence-corrected chi connectivity index (χ2v) is 3.82. The summed E-state index contributed by atoms with van der Waals surface area (Å²) in [5, 5.41) is 0. The van der Waals surface area contributed by atoms with Crippen LogP contribution in [0.2, 0.25) is 6.04 Å². The van der Waals surface area contributed by atoms with Crippen molar-refractivity contribution < 1.29 is 9.22 Å². The molecule has 0 aliphatic rings. The van der Waals surface area contributed by atoms with Crippen molar-refractivity contribution in [2.24, 2.45) is 4.99 Å². The first-order valence-electron chi connectivity index (χ1n) is 4.03. The number of carbonyl (C=O) groups excluding carboxylic acids is 1. The summed E-state index contributed by atoms with van der Waals surface area (Å²) in [5.74, 6) is 0. The first-order valence-corrected chi connectivity index (χ1v) is 5.61. The largest absolute Gasteiger partial charge is 0.424 e. The van der Waals surface area contributed by atoms with E-state index in [-0.39, 0.29) is 9.76 Å². The maximum absolute atomic E-state index is 9.63. The van der Waals surface area contributed by atoms with Crippen molar-refractivity contribution in [2.75, 3.05) is 13.2 Å². The van der Waals surface area contributed by atoms with E-state index in [0.717, 1.165) is 25.5 Å². The third-order valence-electron chi connectivity index (χ3n) is 1.22. The third-order valence-corrected chi connectivity index (χ3v) is 2.59. The molecular weight excluding hydrogens is 158 g/mol. The lowest BCUT2D eigenvalue weighted by atomic mass is 10.5. The summed E-state index contributed by atoms with van der Waals surface area (Å²) in [6.07, 6.45) is 3.59. The van der Waals surface area contributed by atoms with E-state index < -0.39 is 0 Å². The molecule has 0 aliphatic heterocycles. The Balaban J connectivity index is 2.84. The average Bonchev–Trinajstić information content (AvgIpc) is 2.03. The van der Waals surface area contributed by atoms with Gasteiger partial charge in [-0.15, -0.1) is 0 Å². The molecule has 0 aromatic heterocycles. The highest BCUT2D eigenvalue weighted by Gasteiger charge is 1.88. The molecule has 0 saturated carbocycles. The fourth-order valence-corrected chi connectivity index (χ4v) is 1.81. The Hall–Kier alpha value is -0.443. The van der Waals surface area contributed by atoms with Crippen LogP contribution in [0.5, 0.6) is 0 Å². The lowest BCUT2D eigenvalue weighted by Gasteiger charge is -1.98. The summed E-state index contributed by atoms with van der Waals surface area (Å²) in [4.78, 5) is 13.1. The zero-order chi connectivity index (χ0) is 8.36. The molecule has 0 saturated heterocycles. The number of aliphatic imine (C=N–C) groups is 1. The SMILES string of the molecule is CCCO[SiH2]CCCN=C=O. The minimum atomic E-state index is -0.317. The zero-order valence-corrected chi connectivity index (χ0v) is 8.42. The Kier molecular flexibility index (Phi) is 9.17. The molecule has 0 aromatic carbocycles. The fraction of sp³-hybridized carbons (Fsp3) is 0.857. The van der Waals surface area contributed by atoms with Gasteiger partial charge in [0, 0.05) is 6.61 Å². The van der Waals surface area contributed by atoms with Gasteiger partial charge in [-0.2, -0.15) is 0 Å². The molecule has 0 bridgehead atoms. The Morgan fingerprint density at radius 3 is 3.09 bits per heavy atom. The second-order valence-electron chi connectivity index (χ2n) is 2.29. The third kappa shape index (κ3) is 9.56. The van der Waals surface area contributed by atoms with Crippen LogP contribution < -0.4 is 0 Å². The van der Waals surface area contributed by atoms with Crippen molar-refractivity contribution in [3.8, 4) is 0 Å². The van der Waals surface area contributed by atoms with Crippen molar-refractivity contribution >= 4 is 15.8 Å². The van der Waals surface area contributed by atoms with Crippen LogP contribution in [0.4, 0.5) is 0 Å². The molecular formula is C7H15NO2Si. The molecule has 11 heavy (non-hydrogen) atoms. The van der Waals surface area contributed by atoms with Gasteiger partial charge in [-0.05, 0) is 18.9 Å². The number of nitrogens with zero attached hydrogens (tertiary/aromatic N) is 1. The Bertz CT molecular complexity index is 124. The molecule has 0 N–H and O–H groups in total. The van der Waals surface area contributed by atoms with Gasteiger partial charge in [0.1, 0.15) is 0 Å². The van der Waals surface area contributed by atoms with Gasteiger partial charge in [0.25, 0.3) is 0 Å². The number of isocyanates is 1. The molecule has 0 radical (unpaired) electrons. The van der Waals surface area contributed by atoms with E-state index in [4.69, 9.17) is 4.43 Å². The molecule has 0 aromatic rings. The Morgan fingerprint density at radius 1 is 1.64 bits per heavy atom. The van der Waals surface area contributed by atoms with E-state index >= 15 is 0 Å². The summed E-state index contributed by atoms with van der Waals surface area (Å²) in [6, 6.07) is 1.12. The highest BCUT2D eigenvalue weighted by Crippen LogP contribution is 1.90. The van der Waals surface area contributed by atoms with Gasteiger partial charge in [0.2, 0.25) is 6.08 Å². The molecule has 0 spiro atoms. The molecule has 0 fully saturated rings. The number of hydrogen-bond acceptors (Lipinski definition) is 3. The number of rotatable bonds is 7. The molecule has 0 unspecified atom stereocenters. The van der Waals surface area contributed by atoms with Crippen LogP contribution >= 0.6 is 0 Å². The first-order chi connectivity index (χ1) is 5.41. The maximum atomic E-state index is 9.63. The van der Waals surface area contributed by atoms with Crippen LogP contribution in [0.15, 0.2) is 4.99 Å². The molecule has 0 atom stereocenters. The van der Waals surface area contributed by atoms with Gasteiger partial charge >= 0.3 is 0 Å². The van der Waals surface area contributed by atoms with Gasteiger partial charge in [-0.3, -0.25) is 0 Å². The van der Waals surface area contributed by atoms with E-state index in [1.165, 1.54) is 6.08 Å². The van der Waals surface area contributed by atoms with Gasteiger partial charge in [0.15, 0.2) is 9.76 Å². The standard InChI is InChI=1S/C7H15NO2Si/c1-2-5-10-11-6-3-4-8-7-9/h2-6,11H2,1H3. The van der Waals surface area contributed by atoms with Crippen LogP contribution in [0.3, 0.4) is 0 Å². The molecule has 0 rings (SSSR count). The first kappa shape index (κ1) is 10.6. The summed E-state index contributed by atoms with van der Waals surface area (Å²) >= 11 is 0. The molecule has 3 nitrogen and oxygen atoms in total. The van der Waals surface area contributed by atoms with E-state index in [2.05, 4.69) is 11.9 Å². The number of hydrogen-bond donors (Lipinski definition) is 0. The lowest BCUT2D eigenvalue weighted by Crippen LogP contribution is -1.99. The zero-order valence-electron chi connectivity index (χ0n) is 7.01. The monoisotopic (exact) mass is 173 g/mol. The molecule has 0 amide bonds. The quantitative estimate of drug-likeness (QED) is 0.245. The molecule has 0 heterocycles. The predicted molar refractivity (Wildman–Crippen MR) is 47.2 cm³/mol. The van der Waals surface area contributed by atoms with Gasteiger partial charge < -0.3 is 4.43 Å². The predicted octanol–water partition coefficient (Wildman–Crippen LogP) is 0.641. The van der Waals surface area contributed by atoms with Crippen molar-refractivity contribution in [1.82, 2.24) is 0 Å².